The highest BCUT2D eigenvalue weighted by atomic mass is 19.4. The number of alkyl halides is 3. The fourth-order valence-corrected chi connectivity index (χ4v) is 2.57. The molecule has 2 atom stereocenters. The van der Waals surface area contributed by atoms with E-state index in [1.165, 1.54) is 0 Å². The third-order valence-corrected chi connectivity index (χ3v) is 3.67. The van der Waals surface area contributed by atoms with Gasteiger partial charge < -0.3 is 4.74 Å². The molecule has 21 heavy (non-hydrogen) atoms. The third-order valence-electron chi connectivity index (χ3n) is 3.67. The van der Waals surface area contributed by atoms with Gasteiger partial charge in [0, 0.05) is 0 Å². The second kappa shape index (κ2) is 6.03. The zero-order chi connectivity index (χ0) is 15.6. The number of esters is 1. The second-order valence-electron chi connectivity index (χ2n) is 5.49. The van der Waals surface area contributed by atoms with E-state index < -0.39 is 23.5 Å². The van der Waals surface area contributed by atoms with Gasteiger partial charge in [-0.1, -0.05) is 13.3 Å². The van der Waals surface area contributed by atoms with Crippen molar-refractivity contribution in [2.45, 2.75) is 44.9 Å². The van der Waals surface area contributed by atoms with Crippen LogP contribution in [0.1, 0.15) is 48.5 Å². The van der Waals surface area contributed by atoms with E-state index in [2.05, 4.69) is 0 Å². The highest BCUT2D eigenvalue weighted by Gasteiger charge is 2.35. The Morgan fingerprint density at radius 2 is 2.00 bits per heavy atom. The van der Waals surface area contributed by atoms with Crippen molar-refractivity contribution >= 4 is 5.97 Å². The van der Waals surface area contributed by atoms with Gasteiger partial charge in [-0.15, -0.1) is 0 Å². The summed E-state index contributed by atoms with van der Waals surface area (Å²) in [5.74, 6) is -1.81. The number of hydrogen-bond donors (Lipinski definition) is 0. The molecule has 1 fully saturated rings. The van der Waals surface area contributed by atoms with Crippen LogP contribution in [0.3, 0.4) is 0 Å². The standard InChI is InChI=1S/C15H16F4O2/c1-9-3-2-4-11(7-9)21-14(20)10-5-6-13(16)12(8-10)15(17,18)19/h5-6,8-9,11H,2-4,7H2,1H3. The summed E-state index contributed by atoms with van der Waals surface area (Å²) in [4.78, 5) is 11.9. The number of carbonyl (C=O) groups excluding carboxylic acids is 1. The fourth-order valence-electron chi connectivity index (χ4n) is 2.57. The molecule has 0 bridgehead atoms. The molecule has 0 radical (unpaired) electrons. The lowest BCUT2D eigenvalue weighted by atomic mass is 9.89. The van der Waals surface area contributed by atoms with Gasteiger partial charge in [-0.05, 0) is 43.4 Å². The van der Waals surface area contributed by atoms with E-state index in [-0.39, 0.29) is 11.7 Å². The Labute approximate surface area is 120 Å². The average molecular weight is 304 g/mol. The molecule has 2 rings (SSSR count). The lowest BCUT2D eigenvalue weighted by Crippen LogP contribution is -2.24. The number of ether oxygens (including phenoxy) is 1. The number of rotatable bonds is 2. The Bertz CT molecular complexity index is 525. The molecule has 1 saturated carbocycles. The highest BCUT2D eigenvalue weighted by molar-refractivity contribution is 5.89. The number of hydrogen-bond acceptors (Lipinski definition) is 2. The summed E-state index contributed by atoms with van der Waals surface area (Å²) in [6, 6.07) is 2.16. The first kappa shape index (κ1) is 15.8. The van der Waals surface area contributed by atoms with Crippen LogP contribution in [0.4, 0.5) is 17.6 Å². The van der Waals surface area contributed by atoms with Crippen LogP contribution in [0.15, 0.2) is 18.2 Å². The summed E-state index contributed by atoms with van der Waals surface area (Å²) in [5.41, 5.74) is -1.73. The smallest absolute Gasteiger partial charge is 0.419 e. The van der Waals surface area contributed by atoms with E-state index in [9.17, 15) is 22.4 Å². The van der Waals surface area contributed by atoms with E-state index in [1.807, 2.05) is 6.92 Å². The van der Waals surface area contributed by atoms with Crippen molar-refractivity contribution in [1.29, 1.82) is 0 Å². The van der Waals surface area contributed by atoms with Crippen LogP contribution in [-0.2, 0) is 10.9 Å². The zero-order valence-corrected chi connectivity index (χ0v) is 11.5. The van der Waals surface area contributed by atoms with E-state index in [1.54, 1.807) is 0 Å². The van der Waals surface area contributed by atoms with Gasteiger partial charge in [0.25, 0.3) is 0 Å². The molecule has 0 aromatic heterocycles. The Hall–Kier alpha value is -1.59. The molecule has 1 aromatic rings. The number of halogens is 4. The summed E-state index contributed by atoms with van der Waals surface area (Å²) in [6.07, 6.45) is -1.71. The minimum absolute atomic E-state index is 0.276. The van der Waals surface area contributed by atoms with Gasteiger partial charge in [-0.3, -0.25) is 0 Å². The molecular formula is C15H16F4O2. The van der Waals surface area contributed by atoms with Crippen LogP contribution < -0.4 is 0 Å². The molecule has 0 spiro atoms. The quantitative estimate of drug-likeness (QED) is 0.590. The Kier molecular flexibility index (Phi) is 4.54. The highest BCUT2D eigenvalue weighted by Crippen LogP contribution is 2.32. The van der Waals surface area contributed by atoms with Crippen molar-refractivity contribution in [2.75, 3.05) is 0 Å². The van der Waals surface area contributed by atoms with Crippen molar-refractivity contribution in [3.63, 3.8) is 0 Å². The largest absolute Gasteiger partial charge is 0.459 e. The van der Waals surface area contributed by atoms with Crippen molar-refractivity contribution in [3.8, 4) is 0 Å². The number of benzene rings is 1. The van der Waals surface area contributed by atoms with Gasteiger partial charge in [0.15, 0.2) is 0 Å². The van der Waals surface area contributed by atoms with E-state index in [0.717, 1.165) is 18.9 Å². The SMILES string of the molecule is CC1CCCC(OC(=O)c2ccc(F)c(C(F)(F)F)c2)C1. The Balaban J connectivity index is 2.12. The lowest BCUT2D eigenvalue weighted by Gasteiger charge is -2.26. The maximum atomic E-state index is 13.2. The van der Waals surface area contributed by atoms with Crippen molar-refractivity contribution in [2.24, 2.45) is 5.92 Å². The minimum atomic E-state index is -4.83. The van der Waals surface area contributed by atoms with Crippen molar-refractivity contribution < 1.29 is 27.1 Å². The third kappa shape index (κ3) is 3.95. The average Bonchev–Trinajstić information content (AvgIpc) is 2.37. The first-order valence-electron chi connectivity index (χ1n) is 6.85. The van der Waals surface area contributed by atoms with Crippen molar-refractivity contribution in [3.05, 3.63) is 35.1 Å². The topological polar surface area (TPSA) is 26.3 Å². The van der Waals surface area contributed by atoms with E-state index in [0.29, 0.717) is 30.9 Å². The molecule has 2 unspecified atom stereocenters. The predicted octanol–water partition coefficient (Wildman–Crippen LogP) is 4.58. The second-order valence-corrected chi connectivity index (χ2v) is 5.49. The van der Waals surface area contributed by atoms with E-state index >= 15 is 0 Å². The molecule has 116 valence electrons. The molecule has 0 saturated heterocycles. The summed E-state index contributed by atoms with van der Waals surface area (Å²) < 4.78 is 56.2. The molecule has 1 aromatic carbocycles. The van der Waals surface area contributed by atoms with Gasteiger partial charge in [0.2, 0.25) is 0 Å². The van der Waals surface area contributed by atoms with Crippen LogP contribution in [0.25, 0.3) is 0 Å². The Morgan fingerprint density at radius 1 is 1.29 bits per heavy atom. The van der Waals surface area contributed by atoms with Crippen LogP contribution in [0, 0.1) is 11.7 Å². The number of carbonyl (C=O) groups is 1. The molecule has 0 aliphatic heterocycles. The van der Waals surface area contributed by atoms with Crippen LogP contribution in [0.5, 0.6) is 0 Å². The fraction of sp³-hybridized carbons (Fsp3) is 0.533. The van der Waals surface area contributed by atoms with Crippen molar-refractivity contribution in [1.82, 2.24) is 0 Å². The summed E-state index contributed by atoms with van der Waals surface area (Å²) >= 11 is 0. The van der Waals surface area contributed by atoms with Gasteiger partial charge in [-0.2, -0.15) is 13.2 Å². The molecule has 1 aliphatic carbocycles. The van der Waals surface area contributed by atoms with Gasteiger partial charge in [-0.25, -0.2) is 9.18 Å². The maximum absolute atomic E-state index is 13.2. The summed E-state index contributed by atoms with van der Waals surface area (Å²) in [7, 11) is 0. The molecule has 0 heterocycles. The summed E-state index contributed by atoms with van der Waals surface area (Å²) in [6.45, 7) is 2.04. The van der Waals surface area contributed by atoms with E-state index in [4.69, 9.17) is 4.74 Å². The minimum Gasteiger partial charge on any atom is -0.459 e. The zero-order valence-electron chi connectivity index (χ0n) is 11.5. The first-order chi connectivity index (χ1) is 9.77. The van der Waals surface area contributed by atoms with Gasteiger partial charge >= 0.3 is 12.1 Å². The first-order valence-corrected chi connectivity index (χ1v) is 6.85. The molecule has 0 N–H and O–H groups in total. The van der Waals surface area contributed by atoms with Gasteiger partial charge in [0.1, 0.15) is 11.9 Å². The molecule has 1 aliphatic rings. The van der Waals surface area contributed by atoms with Crippen LogP contribution >= 0.6 is 0 Å². The van der Waals surface area contributed by atoms with Crippen LogP contribution in [0.2, 0.25) is 0 Å². The predicted molar refractivity (Wildman–Crippen MR) is 68.2 cm³/mol. The monoisotopic (exact) mass is 304 g/mol. The maximum Gasteiger partial charge on any atom is 0.419 e. The molecular weight excluding hydrogens is 288 g/mol. The Morgan fingerprint density at radius 3 is 2.62 bits per heavy atom. The molecule has 0 amide bonds. The normalized spacial score (nSPS) is 22.9. The van der Waals surface area contributed by atoms with Crippen LogP contribution in [-0.4, -0.2) is 12.1 Å². The summed E-state index contributed by atoms with van der Waals surface area (Å²) in [5, 5.41) is 0. The molecule has 2 nitrogen and oxygen atoms in total. The molecule has 6 heteroatoms. The lowest BCUT2D eigenvalue weighted by molar-refractivity contribution is -0.140. The van der Waals surface area contributed by atoms with Gasteiger partial charge in [0.05, 0.1) is 11.1 Å².